The third-order valence-electron chi connectivity index (χ3n) is 2.26. The molecule has 0 bridgehead atoms. The minimum Gasteiger partial charge on any atom is -0.393 e. The largest absolute Gasteiger partial charge is 0.393 e. The van der Waals surface area contributed by atoms with E-state index in [1.165, 1.54) is 18.2 Å². The molecule has 2 N–H and O–H groups in total. The van der Waals surface area contributed by atoms with Crippen LogP contribution in [0.4, 0.5) is 4.39 Å². The first kappa shape index (κ1) is 13.9. The standard InChI is InChI=1S/C12H15ClFNO2/c1-7(6-8(2)16)15-12(17)11-9(13)4-3-5-10(11)14/h3-5,7-8,16H,6H2,1-2H3,(H,15,17). The van der Waals surface area contributed by atoms with Gasteiger partial charge in [-0.3, -0.25) is 4.79 Å². The van der Waals surface area contributed by atoms with Crippen molar-refractivity contribution in [2.24, 2.45) is 0 Å². The highest BCUT2D eigenvalue weighted by atomic mass is 35.5. The van der Waals surface area contributed by atoms with Gasteiger partial charge in [0, 0.05) is 6.04 Å². The molecule has 1 aromatic rings. The maximum atomic E-state index is 13.4. The Labute approximate surface area is 105 Å². The zero-order valence-corrected chi connectivity index (χ0v) is 10.5. The third-order valence-corrected chi connectivity index (χ3v) is 2.58. The van der Waals surface area contributed by atoms with E-state index in [0.717, 1.165) is 0 Å². The lowest BCUT2D eigenvalue weighted by molar-refractivity contribution is 0.0919. The monoisotopic (exact) mass is 259 g/mol. The first-order valence-electron chi connectivity index (χ1n) is 5.34. The molecule has 1 aromatic carbocycles. The van der Waals surface area contributed by atoms with Gasteiger partial charge in [-0.25, -0.2) is 4.39 Å². The summed E-state index contributed by atoms with van der Waals surface area (Å²) in [5, 5.41) is 11.8. The first-order valence-corrected chi connectivity index (χ1v) is 5.72. The zero-order valence-electron chi connectivity index (χ0n) is 9.71. The van der Waals surface area contributed by atoms with Gasteiger partial charge in [0.15, 0.2) is 0 Å². The number of halogens is 2. The van der Waals surface area contributed by atoms with Crippen LogP contribution in [0.15, 0.2) is 18.2 Å². The first-order chi connectivity index (χ1) is 7.91. The molecule has 0 aliphatic heterocycles. The minimum atomic E-state index is -0.653. The fourth-order valence-electron chi connectivity index (χ4n) is 1.58. The number of nitrogens with one attached hydrogen (secondary N) is 1. The summed E-state index contributed by atoms with van der Waals surface area (Å²) in [5.41, 5.74) is -0.161. The summed E-state index contributed by atoms with van der Waals surface area (Å²) in [6, 6.07) is 3.82. The fraction of sp³-hybridized carbons (Fsp3) is 0.417. The Kier molecular flexibility index (Phi) is 4.90. The van der Waals surface area contributed by atoms with Crippen LogP contribution >= 0.6 is 11.6 Å². The Bertz CT molecular complexity index is 389. The van der Waals surface area contributed by atoms with Crippen molar-refractivity contribution in [1.82, 2.24) is 5.32 Å². The van der Waals surface area contributed by atoms with Crippen molar-refractivity contribution in [3.05, 3.63) is 34.6 Å². The number of aliphatic hydroxyl groups excluding tert-OH is 1. The summed E-state index contributed by atoms with van der Waals surface area (Å²) in [5.74, 6) is -1.22. The number of aliphatic hydroxyl groups is 1. The average molecular weight is 260 g/mol. The predicted octanol–water partition coefficient (Wildman–Crippen LogP) is 2.37. The van der Waals surface area contributed by atoms with E-state index < -0.39 is 17.8 Å². The lowest BCUT2D eigenvalue weighted by atomic mass is 10.1. The van der Waals surface area contributed by atoms with Crippen LogP contribution in [0.2, 0.25) is 5.02 Å². The number of hydrogen-bond acceptors (Lipinski definition) is 2. The topological polar surface area (TPSA) is 49.3 Å². The second kappa shape index (κ2) is 5.98. The molecule has 3 nitrogen and oxygen atoms in total. The van der Waals surface area contributed by atoms with Gasteiger partial charge in [0.2, 0.25) is 0 Å². The number of amides is 1. The van der Waals surface area contributed by atoms with Gasteiger partial charge in [0.25, 0.3) is 5.91 Å². The molecule has 0 saturated heterocycles. The van der Waals surface area contributed by atoms with E-state index in [1.54, 1.807) is 13.8 Å². The highest BCUT2D eigenvalue weighted by Crippen LogP contribution is 2.18. The number of benzene rings is 1. The predicted molar refractivity (Wildman–Crippen MR) is 64.6 cm³/mol. The molecule has 94 valence electrons. The number of hydrogen-bond donors (Lipinski definition) is 2. The van der Waals surface area contributed by atoms with Gasteiger partial charge in [-0.1, -0.05) is 17.7 Å². The molecule has 0 heterocycles. The molecule has 0 fully saturated rings. The molecule has 1 amide bonds. The molecule has 0 radical (unpaired) electrons. The summed E-state index contributed by atoms with van der Waals surface area (Å²) in [4.78, 5) is 11.8. The lowest BCUT2D eigenvalue weighted by Crippen LogP contribution is -2.35. The normalized spacial score (nSPS) is 14.2. The summed E-state index contributed by atoms with van der Waals surface area (Å²) >= 11 is 5.76. The molecule has 5 heteroatoms. The van der Waals surface area contributed by atoms with Gasteiger partial charge >= 0.3 is 0 Å². The smallest absolute Gasteiger partial charge is 0.255 e. The van der Waals surface area contributed by atoms with Crippen LogP contribution in [0.1, 0.15) is 30.6 Å². The zero-order chi connectivity index (χ0) is 13.0. The van der Waals surface area contributed by atoms with Crippen LogP contribution < -0.4 is 5.32 Å². The Balaban J connectivity index is 2.77. The molecular formula is C12H15ClFNO2. The molecule has 0 saturated carbocycles. The van der Waals surface area contributed by atoms with E-state index in [-0.39, 0.29) is 16.6 Å². The molecule has 2 atom stereocenters. The van der Waals surface area contributed by atoms with Crippen LogP contribution in [0.5, 0.6) is 0 Å². The van der Waals surface area contributed by atoms with Gasteiger partial charge in [-0.2, -0.15) is 0 Å². The summed E-state index contributed by atoms with van der Waals surface area (Å²) < 4.78 is 13.4. The summed E-state index contributed by atoms with van der Waals surface area (Å²) in [6.45, 7) is 3.36. The van der Waals surface area contributed by atoms with Crippen molar-refractivity contribution in [3.63, 3.8) is 0 Å². The SMILES string of the molecule is CC(O)CC(C)NC(=O)c1c(F)cccc1Cl. The molecule has 0 spiro atoms. The molecule has 0 aliphatic rings. The summed E-state index contributed by atoms with van der Waals surface area (Å²) in [7, 11) is 0. The third kappa shape index (κ3) is 3.98. The molecule has 2 unspecified atom stereocenters. The van der Waals surface area contributed by atoms with Crippen LogP contribution in [-0.4, -0.2) is 23.2 Å². The van der Waals surface area contributed by atoms with Gasteiger partial charge in [0.05, 0.1) is 16.7 Å². The Hall–Kier alpha value is -1.13. The highest BCUT2D eigenvalue weighted by molar-refractivity contribution is 6.33. The molecule has 0 aromatic heterocycles. The minimum absolute atomic E-state index is 0.0757. The van der Waals surface area contributed by atoms with Gasteiger partial charge in [0.1, 0.15) is 5.82 Å². The second-order valence-electron chi connectivity index (χ2n) is 4.06. The Morgan fingerprint density at radius 2 is 2.18 bits per heavy atom. The highest BCUT2D eigenvalue weighted by Gasteiger charge is 2.17. The second-order valence-corrected chi connectivity index (χ2v) is 4.46. The van der Waals surface area contributed by atoms with E-state index in [2.05, 4.69) is 5.32 Å². The van der Waals surface area contributed by atoms with Crippen molar-refractivity contribution in [3.8, 4) is 0 Å². The van der Waals surface area contributed by atoms with E-state index in [1.807, 2.05) is 0 Å². The van der Waals surface area contributed by atoms with E-state index in [0.29, 0.717) is 6.42 Å². The fourth-order valence-corrected chi connectivity index (χ4v) is 1.83. The van der Waals surface area contributed by atoms with Crippen molar-refractivity contribution < 1.29 is 14.3 Å². The number of rotatable bonds is 4. The maximum absolute atomic E-state index is 13.4. The van der Waals surface area contributed by atoms with Crippen LogP contribution in [0, 0.1) is 5.82 Å². The van der Waals surface area contributed by atoms with Crippen LogP contribution in [0.25, 0.3) is 0 Å². The summed E-state index contributed by atoms with van der Waals surface area (Å²) in [6.07, 6.45) is -0.126. The lowest BCUT2D eigenvalue weighted by Gasteiger charge is -2.16. The molecule has 0 aliphatic carbocycles. The van der Waals surface area contributed by atoms with Crippen LogP contribution in [-0.2, 0) is 0 Å². The van der Waals surface area contributed by atoms with Crippen molar-refractivity contribution >= 4 is 17.5 Å². The molecule has 1 rings (SSSR count). The quantitative estimate of drug-likeness (QED) is 0.872. The van der Waals surface area contributed by atoms with Gasteiger partial charge in [-0.05, 0) is 32.4 Å². The van der Waals surface area contributed by atoms with Crippen molar-refractivity contribution in [2.45, 2.75) is 32.4 Å². The van der Waals surface area contributed by atoms with Gasteiger partial charge in [-0.15, -0.1) is 0 Å². The molecule has 17 heavy (non-hydrogen) atoms. The van der Waals surface area contributed by atoms with Crippen molar-refractivity contribution in [1.29, 1.82) is 0 Å². The van der Waals surface area contributed by atoms with Crippen molar-refractivity contribution in [2.75, 3.05) is 0 Å². The average Bonchev–Trinajstić information content (AvgIpc) is 2.15. The van der Waals surface area contributed by atoms with E-state index in [4.69, 9.17) is 16.7 Å². The molecular weight excluding hydrogens is 245 g/mol. The Morgan fingerprint density at radius 3 is 2.71 bits per heavy atom. The van der Waals surface area contributed by atoms with E-state index >= 15 is 0 Å². The maximum Gasteiger partial charge on any atom is 0.255 e. The Morgan fingerprint density at radius 1 is 1.53 bits per heavy atom. The van der Waals surface area contributed by atoms with Gasteiger partial charge < -0.3 is 10.4 Å². The van der Waals surface area contributed by atoms with Crippen LogP contribution in [0.3, 0.4) is 0 Å². The number of carbonyl (C=O) groups is 1. The van der Waals surface area contributed by atoms with E-state index in [9.17, 15) is 9.18 Å². The number of carbonyl (C=O) groups excluding carboxylic acids is 1.